The van der Waals surface area contributed by atoms with E-state index in [1.807, 2.05) is 19.1 Å². The summed E-state index contributed by atoms with van der Waals surface area (Å²) >= 11 is 0. The zero-order valence-corrected chi connectivity index (χ0v) is 8.30. The maximum atomic E-state index is 5.42. The molecule has 0 radical (unpaired) electrons. The minimum absolute atomic E-state index is 0.761. The van der Waals surface area contributed by atoms with Crippen molar-refractivity contribution in [1.29, 1.82) is 0 Å². The van der Waals surface area contributed by atoms with Crippen LogP contribution in [-0.2, 0) is 11.2 Å². The number of methoxy groups -OCH3 is 1. The van der Waals surface area contributed by atoms with Gasteiger partial charge in [0.15, 0.2) is 0 Å². The van der Waals surface area contributed by atoms with Crippen LogP contribution in [0.2, 0.25) is 0 Å². The monoisotopic (exact) mass is 183 g/mol. The number of furan rings is 1. The smallest absolute Gasteiger partial charge is 0.105 e. The quantitative estimate of drug-likeness (QED) is 0.676. The van der Waals surface area contributed by atoms with Crippen molar-refractivity contribution >= 4 is 0 Å². The van der Waals surface area contributed by atoms with Gasteiger partial charge in [0, 0.05) is 26.6 Å². The van der Waals surface area contributed by atoms with Crippen LogP contribution in [-0.4, -0.2) is 26.8 Å². The van der Waals surface area contributed by atoms with Crippen LogP contribution in [0, 0.1) is 6.92 Å². The van der Waals surface area contributed by atoms with Gasteiger partial charge in [-0.15, -0.1) is 0 Å². The minimum atomic E-state index is 0.761. The highest BCUT2D eigenvalue weighted by Crippen LogP contribution is 2.05. The second-order valence-corrected chi connectivity index (χ2v) is 3.01. The lowest BCUT2D eigenvalue weighted by Crippen LogP contribution is -2.21. The van der Waals surface area contributed by atoms with Crippen molar-refractivity contribution < 1.29 is 9.15 Å². The molecule has 1 aromatic heterocycles. The van der Waals surface area contributed by atoms with E-state index in [1.54, 1.807) is 7.11 Å². The second-order valence-electron chi connectivity index (χ2n) is 3.01. The first kappa shape index (κ1) is 10.3. The molecule has 0 amide bonds. The lowest BCUT2D eigenvalue weighted by molar-refractivity contribution is 0.199. The molecule has 1 N–H and O–H groups in total. The van der Waals surface area contributed by atoms with Gasteiger partial charge >= 0.3 is 0 Å². The highest BCUT2D eigenvalue weighted by Gasteiger charge is 1.96. The van der Waals surface area contributed by atoms with Crippen molar-refractivity contribution in [2.75, 3.05) is 26.8 Å². The normalized spacial score (nSPS) is 10.6. The first-order chi connectivity index (χ1) is 6.33. The fourth-order valence-corrected chi connectivity index (χ4v) is 1.13. The molecular formula is C10H17NO2. The average molecular weight is 183 g/mol. The molecule has 0 bridgehead atoms. The molecule has 3 nitrogen and oxygen atoms in total. The molecule has 74 valence electrons. The van der Waals surface area contributed by atoms with Crippen LogP contribution in [0.5, 0.6) is 0 Å². The Morgan fingerprint density at radius 1 is 1.38 bits per heavy atom. The summed E-state index contributed by atoms with van der Waals surface area (Å²) in [5, 5.41) is 3.26. The first-order valence-corrected chi connectivity index (χ1v) is 4.58. The molecule has 0 saturated heterocycles. The lowest BCUT2D eigenvalue weighted by Gasteiger charge is -2.01. The van der Waals surface area contributed by atoms with Crippen molar-refractivity contribution in [3.63, 3.8) is 0 Å². The molecule has 0 aliphatic rings. The average Bonchev–Trinajstić information content (AvgIpc) is 2.51. The number of hydrogen-bond donors (Lipinski definition) is 1. The Labute approximate surface area is 79.1 Å². The predicted octanol–water partition coefficient (Wildman–Crippen LogP) is 1.37. The summed E-state index contributed by atoms with van der Waals surface area (Å²) in [5.74, 6) is 2.02. The fraction of sp³-hybridized carbons (Fsp3) is 0.600. The van der Waals surface area contributed by atoms with Crippen LogP contribution < -0.4 is 5.32 Å². The number of rotatable bonds is 6. The van der Waals surface area contributed by atoms with E-state index in [0.717, 1.165) is 37.6 Å². The van der Waals surface area contributed by atoms with E-state index in [2.05, 4.69) is 5.32 Å². The molecule has 0 aliphatic carbocycles. The second kappa shape index (κ2) is 5.78. The van der Waals surface area contributed by atoms with Gasteiger partial charge in [-0.05, 0) is 19.1 Å². The van der Waals surface area contributed by atoms with E-state index in [9.17, 15) is 0 Å². The van der Waals surface area contributed by atoms with E-state index < -0.39 is 0 Å². The van der Waals surface area contributed by atoms with Gasteiger partial charge in [0.25, 0.3) is 0 Å². The van der Waals surface area contributed by atoms with Gasteiger partial charge in [-0.25, -0.2) is 0 Å². The van der Waals surface area contributed by atoms with Crippen molar-refractivity contribution in [3.8, 4) is 0 Å². The van der Waals surface area contributed by atoms with Gasteiger partial charge in [-0.1, -0.05) is 0 Å². The molecule has 13 heavy (non-hydrogen) atoms. The predicted molar refractivity (Wildman–Crippen MR) is 51.9 cm³/mol. The highest BCUT2D eigenvalue weighted by atomic mass is 16.5. The maximum absolute atomic E-state index is 5.42. The third-order valence-corrected chi connectivity index (χ3v) is 1.83. The highest BCUT2D eigenvalue weighted by molar-refractivity contribution is 5.05. The van der Waals surface area contributed by atoms with Crippen molar-refractivity contribution in [1.82, 2.24) is 5.32 Å². The Kier molecular flexibility index (Phi) is 4.57. The molecule has 1 rings (SSSR count). The van der Waals surface area contributed by atoms with Gasteiger partial charge < -0.3 is 14.5 Å². The third kappa shape index (κ3) is 4.10. The molecule has 0 spiro atoms. The fourth-order valence-electron chi connectivity index (χ4n) is 1.13. The number of nitrogens with one attached hydrogen (secondary N) is 1. The Hall–Kier alpha value is -0.800. The molecule has 0 atom stereocenters. The van der Waals surface area contributed by atoms with Crippen LogP contribution >= 0.6 is 0 Å². The van der Waals surface area contributed by atoms with Crippen LogP contribution in [0.4, 0.5) is 0 Å². The van der Waals surface area contributed by atoms with Crippen LogP contribution in [0.1, 0.15) is 11.5 Å². The van der Waals surface area contributed by atoms with Crippen LogP contribution in [0.25, 0.3) is 0 Å². The van der Waals surface area contributed by atoms with Gasteiger partial charge in [0.2, 0.25) is 0 Å². The van der Waals surface area contributed by atoms with Crippen molar-refractivity contribution in [2.24, 2.45) is 0 Å². The molecule has 1 heterocycles. The number of hydrogen-bond acceptors (Lipinski definition) is 3. The Morgan fingerprint density at radius 2 is 2.23 bits per heavy atom. The maximum Gasteiger partial charge on any atom is 0.105 e. The van der Waals surface area contributed by atoms with Crippen molar-refractivity contribution in [2.45, 2.75) is 13.3 Å². The van der Waals surface area contributed by atoms with E-state index in [-0.39, 0.29) is 0 Å². The minimum Gasteiger partial charge on any atom is -0.466 e. The molecule has 0 unspecified atom stereocenters. The summed E-state index contributed by atoms with van der Waals surface area (Å²) in [4.78, 5) is 0. The van der Waals surface area contributed by atoms with Gasteiger partial charge in [0.1, 0.15) is 11.5 Å². The molecule has 0 aliphatic heterocycles. The summed E-state index contributed by atoms with van der Waals surface area (Å²) in [6, 6.07) is 4.01. The lowest BCUT2D eigenvalue weighted by atomic mass is 10.3. The summed E-state index contributed by atoms with van der Waals surface area (Å²) in [6.07, 6.45) is 0.942. The Bertz CT molecular complexity index is 233. The summed E-state index contributed by atoms with van der Waals surface area (Å²) in [5.41, 5.74) is 0. The zero-order valence-electron chi connectivity index (χ0n) is 8.30. The topological polar surface area (TPSA) is 34.4 Å². The summed E-state index contributed by atoms with van der Waals surface area (Å²) < 4.78 is 10.3. The Morgan fingerprint density at radius 3 is 2.85 bits per heavy atom. The van der Waals surface area contributed by atoms with Gasteiger partial charge in [-0.2, -0.15) is 0 Å². The molecule has 0 saturated carbocycles. The van der Waals surface area contributed by atoms with E-state index in [4.69, 9.17) is 9.15 Å². The Balaban J connectivity index is 2.06. The van der Waals surface area contributed by atoms with Crippen LogP contribution in [0.3, 0.4) is 0 Å². The number of aryl methyl sites for hydroxylation is 1. The number of ether oxygens (including phenoxy) is 1. The van der Waals surface area contributed by atoms with E-state index in [0.29, 0.717) is 0 Å². The molecular weight excluding hydrogens is 166 g/mol. The van der Waals surface area contributed by atoms with E-state index >= 15 is 0 Å². The van der Waals surface area contributed by atoms with Gasteiger partial charge in [0.05, 0.1) is 6.61 Å². The van der Waals surface area contributed by atoms with Gasteiger partial charge in [-0.3, -0.25) is 0 Å². The molecule has 1 aromatic rings. The molecule has 0 aromatic carbocycles. The van der Waals surface area contributed by atoms with Crippen LogP contribution in [0.15, 0.2) is 16.5 Å². The first-order valence-electron chi connectivity index (χ1n) is 4.58. The summed E-state index contributed by atoms with van der Waals surface area (Å²) in [6.45, 7) is 4.56. The standard InChI is InChI=1S/C10H17NO2/c1-9-3-4-10(13-9)5-6-11-7-8-12-2/h3-4,11H,5-8H2,1-2H3. The molecule has 0 fully saturated rings. The van der Waals surface area contributed by atoms with Crippen molar-refractivity contribution in [3.05, 3.63) is 23.7 Å². The zero-order chi connectivity index (χ0) is 9.52. The summed E-state index contributed by atoms with van der Waals surface area (Å²) in [7, 11) is 1.71. The van der Waals surface area contributed by atoms with E-state index in [1.165, 1.54) is 0 Å². The third-order valence-electron chi connectivity index (χ3n) is 1.83. The SMILES string of the molecule is COCCNCCc1ccc(C)o1. The molecule has 3 heteroatoms. The largest absolute Gasteiger partial charge is 0.466 e.